The molecule has 0 heterocycles. The molecule has 0 saturated carbocycles. The van der Waals surface area contributed by atoms with Crippen LogP contribution in [0.25, 0.3) is 0 Å². The fourth-order valence-electron chi connectivity index (χ4n) is 0. The molecule has 30 heteroatoms. The molecular formula is O21P7Re2-7. The van der Waals surface area contributed by atoms with E-state index in [1.54, 1.807) is 0 Å². The van der Waals surface area contributed by atoms with Gasteiger partial charge in [0, 0.05) is 40.8 Å². The molecule has 0 unspecified atom stereocenters. The number of hydrogen-bond acceptors (Lipinski definition) is 21. The van der Waals surface area contributed by atoms with E-state index in [9.17, 15) is 0 Å². The summed E-state index contributed by atoms with van der Waals surface area (Å²) in [6.07, 6.45) is 0. The van der Waals surface area contributed by atoms with E-state index in [2.05, 4.69) is 0 Å². The molecular weight excluding hydrogens is 925 g/mol. The maximum Gasteiger partial charge on any atom is 0.276 e. The first kappa shape index (κ1) is 57.9. The molecule has 21 nitrogen and oxygen atoms in total. The van der Waals surface area contributed by atoms with Crippen molar-refractivity contribution in [3.05, 3.63) is 0 Å². The zero-order chi connectivity index (χ0) is 25.0. The smallest absolute Gasteiger partial charge is 0.276 e. The van der Waals surface area contributed by atoms with Gasteiger partial charge in [-0.3, -0.25) is 0 Å². The molecule has 0 aromatic heterocycles. The molecule has 0 bridgehead atoms. The summed E-state index contributed by atoms with van der Waals surface area (Å²) >= 11 is 0. The summed E-state index contributed by atoms with van der Waals surface area (Å²) in [5.74, 6) is 0. The van der Waals surface area contributed by atoms with Gasteiger partial charge in [-0.1, -0.05) is 32.0 Å². The molecule has 30 heavy (non-hydrogen) atoms. The van der Waals surface area contributed by atoms with Crippen LogP contribution in [0.2, 0.25) is 0 Å². The third kappa shape index (κ3) is 11100. The van der Waals surface area contributed by atoms with Crippen molar-refractivity contribution in [2.75, 3.05) is 0 Å². The van der Waals surface area contributed by atoms with Crippen LogP contribution in [-0.4, -0.2) is 0 Å². The molecule has 2 radical (unpaired) electrons. The Morgan fingerprint density at radius 1 is 0.233 bits per heavy atom. The maximum atomic E-state index is 8.48. The van der Waals surface area contributed by atoms with Gasteiger partial charge in [-0.25, -0.2) is 0 Å². The molecule has 0 aliphatic carbocycles. The van der Waals surface area contributed by atoms with Gasteiger partial charge in [0.1, 0.15) is 0 Å². The number of hydrogen-bond donors (Lipinski definition) is 0. The predicted molar refractivity (Wildman–Crippen MR) is 53.2 cm³/mol. The Kier molecular flexibility index (Phi) is 101. The van der Waals surface area contributed by atoms with Gasteiger partial charge < -0.3 is 68.5 Å². The van der Waals surface area contributed by atoms with Crippen molar-refractivity contribution in [3.63, 3.8) is 0 Å². The summed E-state index contributed by atoms with van der Waals surface area (Å²) < 4.78 is 59.4. The van der Waals surface area contributed by atoms with Crippen LogP contribution in [0.1, 0.15) is 0 Å². The van der Waals surface area contributed by atoms with Gasteiger partial charge in [-0.2, -0.15) is 0 Å². The second kappa shape index (κ2) is 52.4. The molecule has 0 saturated heterocycles. The average molecular weight is 925 g/mol. The third-order valence-corrected chi connectivity index (χ3v) is 0. The Morgan fingerprint density at radius 3 is 0.233 bits per heavy atom. The molecule has 0 N–H and O–H groups in total. The Bertz CT molecular complexity index is 312. The van der Waals surface area contributed by atoms with E-state index in [1.165, 1.54) is 0 Å². The van der Waals surface area contributed by atoms with Crippen molar-refractivity contribution < 1.29 is 141 Å². The van der Waals surface area contributed by atoms with E-state index in [0.717, 1.165) is 0 Å². The zero-order valence-corrected chi connectivity index (χ0v) is 24.2. The Hall–Kier alpha value is 1.46. The zero-order valence-electron chi connectivity index (χ0n) is 12.5. The molecule has 182 valence electrons. The van der Waals surface area contributed by atoms with Gasteiger partial charge in [-0.05, 0) is 0 Å². The maximum absolute atomic E-state index is 8.48. The van der Waals surface area contributed by atoms with E-state index >= 15 is 0 Å². The van der Waals surface area contributed by atoms with Crippen molar-refractivity contribution in [2.24, 2.45) is 0 Å². The summed E-state index contributed by atoms with van der Waals surface area (Å²) in [5, 5.41) is 0. The largest absolute Gasteiger partial charge is 0.598 e. The normalized spacial score (nSPS) is 6.07. The first-order valence-electron chi connectivity index (χ1n) is 3.83. The third-order valence-electron chi connectivity index (χ3n) is 0. The minimum absolute atomic E-state index is 0. The van der Waals surface area contributed by atoms with E-state index in [0.29, 0.717) is 0 Å². The fraction of sp³-hybridized carbons (Fsp3) is 0. The van der Waals surface area contributed by atoms with Crippen LogP contribution in [0.15, 0.2) is 0 Å². The Labute approximate surface area is 198 Å². The topological polar surface area (TPSA) is 442 Å². The monoisotopic (exact) mass is 927 g/mol. The standard InChI is InChI=1S/7HO3P.2Re/c7*1-4(2)3;;/h7*(H,1,2,3);;/p-7. The summed E-state index contributed by atoms with van der Waals surface area (Å²) in [4.78, 5) is 119. The van der Waals surface area contributed by atoms with Crippen molar-refractivity contribution in [2.45, 2.75) is 0 Å². The summed E-state index contributed by atoms with van der Waals surface area (Å²) in [6, 6.07) is 0. The predicted octanol–water partition coefficient (Wildman–Crippen LogP) is -11.5. The van der Waals surface area contributed by atoms with Crippen LogP contribution in [0, 0.1) is 0 Å². The molecule has 0 fully saturated rings. The van der Waals surface area contributed by atoms with Crippen molar-refractivity contribution in [1.29, 1.82) is 0 Å². The molecule has 0 aromatic rings. The van der Waals surface area contributed by atoms with Crippen molar-refractivity contribution in [3.8, 4) is 0 Å². The van der Waals surface area contributed by atoms with Crippen LogP contribution >= 0.6 is 57.8 Å². The first-order valence-corrected chi connectivity index (χ1v) is 11.5. The molecule has 0 rings (SSSR count). The van der Waals surface area contributed by atoms with E-state index in [4.69, 9.17) is 100 Å². The van der Waals surface area contributed by atoms with Gasteiger partial charge in [0.15, 0.2) is 0 Å². The molecule has 0 aliphatic rings. The van der Waals surface area contributed by atoms with Crippen molar-refractivity contribution >= 4 is 57.8 Å². The van der Waals surface area contributed by atoms with E-state index in [-0.39, 0.29) is 40.8 Å². The van der Waals surface area contributed by atoms with Gasteiger partial charge in [0.25, 0.3) is 57.8 Å². The minimum atomic E-state index is -3.37. The first-order chi connectivity index (χ1) is 12.1. The van der Waals surface area contributed by atoms with E-state index < -0.39 is 57.8 Å². The summed E-state index contributed by atoms with van der Waals surface area (Å²) in [5.41, 5.74) is 0. The van der Waals surface area contributed by atoms with Crippen LogP contribution < -0.4 is 68.5 Å². The van der Waals surface area contributed by atoms with Crippen LogP contribution in [0.5, 0.6) is 0 Å². The van der Waals surface area contributed by atoms with Gasteiger partial charge in [0.05, 0.1) is 0 Å². The second-order valence-electron chi connectivity index (χ2n) is 1.57. The Morgan fingerprint density at radius 2 is 0.233 bits per heavy atom. The minimum Gasteiger partial charge on any atom is -0.598 e. The molecule has 0 amide bonds. The fourth-order valence-corrected chi connectivity index (χ4v) is 0. The molecule has 0 atom stereocenters. The van der Waals surface area contributed by atoms with Gasteiger partial charge in [0.2, 0.25) is 0 Å². The molecule has 0 spiro atoms. The van der Waals surface area contributed by atoms with E-state index in [1.807, 2.05) is 0 Å². The second-order valence-corrected chi connectivity index (χ2v) is 4.70. The Balaban J connectivity index is -0.0000000242. The molecule has 0 aromatic carbocycles. The van der Waals surface area contributed by atoms with Crippen LogP contribution in [0.4, 0.5) is 0 Å². The quantitative estimate of drug-likeness (QED) is 0.204. The SMILES string of the molecule is O=[P+]([O-])[O-].O=[P+]([O-])[O-].O=[P+]([O-])[O-].O=[P+]([O-])[O-].O=[P+]([O-])[O-].O=[P+]([O-])[O-].O=[P+]([O-])[O-].[Re].[Re]. The van der Waals surface area contributed by atoms with Crippen LogP contribution in [-0.2, 0) is 72.8 Å². The summed E-state index contributed by atoms with van der Waals surface area (Å²) in [7, 11) is -23.6. The molecule has 0 aliphatic heterocycles. The van der Waals surface area contributed by atoms with Crippen molar-refractivity contribution in [1.82, 2.24) is 0 Å². The van der Waals surface area contributed by atoms with Gasteiger partial charge >= 0.3 is 0 Å². The number of rotatable bonds is 0. The van der Waals surface area contributed by atoms with Crippen LogP contribution in [0.3, 0.4) is 0 Å². The summed E-state index contributed by atoms with van der Waals surface area (Å²) in [6.45, 7) is 0. The average Bonchev–Trinajstić information content (AvgIpc) is 2.20. The van der Waals surface area contributed by atoms with Gasteiger partial charge in [-0.15, -0.1) is 0 Å².